The van der Waals surface area contributed by atoms with E-state index in [0.717, 1.165) is 31.6 Å². The molecule has 90 valence electrons. The Morgan fingerprint density at radius 2 is 2.25 bits per heavy atom. The standard InChI is InChI=1S/C13H22N2O/c1-10-8-13(9-11(2)15(10)16)12-4-6-14(3)7-5-12/h4,11,13,16H,1,5-9H2,2-3H3. The minimum atomic E-state index is 0.201. The largest absolute Gasteiger partial charge is 0.302 e. The van der Waals surface area contributed by atoms with Crippen molar-refractivity contribution in [3.8, 4) is 0 Å². The third-order valence-corrected chi connectivity index (χ3v) is 3.82. The van der Waals surface area contributed by atoms with E-state index in [2.05, 4.69) is 31.5 Å². The molecule has 3 nitrogen and oxygen atoms in total. The number of rotatable bonds is 1. The molecule has 2 aliphatic heterocycles. The fourth-order valence-corrected chi connectivity index (χ4v) is 2.72. The first-order valence-corrected chi connectivity index (χ1v) is 6.11. The van der Waals surface area contributed by atoms with E-state index in [-0.39, 0.29) is 6.04 Å². The van der Waals surface area contributed by atoms with E-state index in [1.165, 1.54) is 11.5 Å². The number of nitrogens with zero attached hydrogens (tertiary/aromatic N) is 2. The number of hydrogen-bond donors (Lipinski definition) is 1. The molecule has 0 aliphatic carbocycles. The monoisotopic (exact) mass is 222 g/mol. The lowest BCUT2D eigenvalue weighted by Crippen LogP contribution is -2.38. The van der Waals surface area contributed by atoms with Gasteiger partial charge in [0.2, 0.25) is 0 Å². The average molecular weight is 222 g/mol. The van der Waals surface area contributed by atoms with E-state index in [1.807, 2.05) is 0 Å². The maximum atomic E-state index is 9.71. The van der Waals surface area contributed by atoms with Crippen LogP contribution in [0.3, 0.4) is 0 Å². The van der Waals surface area contributed by atoms with Crippen molar-refractivity contribution in [3.63, 3.8) is 0 Å². The van der Waals surface area contributed by atoms with Crippen LogP contribution in [0.5, 0.6) is 0 Å². The predicted octanol–water partition coefficient (Wildman–Crippen LogP) is 2.25. The topological polar surface area (TPSA) is 26.7 Å². The second kappa shape index (κ2) is 4.60. The molecule has 1 fully saturated rings. The van der Waals surface area contributed by atoms with Gasteiger partial charge in [-0.15, -0.1) is 0 Å². The zero-order valence-corrected chi connectivity index (χ0v) is 10.3. The van der Waals surface area contributed by atoms with Gasteiger partial charge in [0.05, 0.1) is 6.04 Å². The van der Waals surface area contributed by atoms with Crippen molar-refractivity contribution in [1.29, 1.82) is 0 Å². The summed E-state index contributed by atoms with van der Waals surface area (Å²) in [6.45, 7) is 8.23. The van der Waals surface area contributed by atoms with Crippen molar-refractivity contribution in [1.82, 2.24) is 9.96 Å². The number of piperidine rings is 1. The third-order valence-electron chi connectivity index (χ3n) is 3.82. The predicted molar refractivity (Wildman–Crippen MR) is 65.1 cm³/mol. The van der Waals surface area contributed by atoms with Gasteiger partial charge < -0.3 is 4.90 Å². The van der Waals surface area contributed by atoms with Crippen molar-refractivity contribution in [2.24, 2.45) is 5.92 Å². The molecule has 1 saturated heterocycles. The summed E-state index contributed by atoms with van der Waals surface area (Å²) in [6, 6.07) is 0.201. The van der Waals surface area contributed by atoms with Gasteiger partial charge in [-0.3, -0.25) is 10.3 Å². The normalized spacial score (nSPS) is 32.8. The number of hydroxylamine groups is 2. The number of likely N-dealkylation sites (N-methyl/N-ethyl adjacent to an activating group) is 1. The summed E-state index contributed by atoms with van der Waals surface area (Å²) in [5, 5.41) is 11.0. The molecular weight excluding hydrogens is 200 g/mol. The Morgan fingerprint density at radius 1 is 1.50 bits per heavy atom. The van der Waals surface area contributed by atoms with E-state index in [1.54, 1.807) is 5.57 Å². The minimum absolute atomic E-state index is 0.201. The van der Waals surface area contributed by atoms with Crippen LogP contribution in [0.2, 0.25) is 0 Å². The Bertz CT molecular complexity index is 311. The highest BCUT2D eigenvalue weighted by molar-refractivity contribution is 5.16. The fourth-order valence-electron chi connectivity index (χ4n) is 2.72. The molecule has 0 radical (unpaired) electrons. The quantitative estimate of drug-likeness (QED) is 0.689. The molecule has 1 N–H and O–H groups in total. The summed E-state index contributed by atoms with van der Waals surface area (Å²) in [6.07, 6.45) is 5.50. The molecule has 0 bridgehead atoms. The van der Waals surface area contributed by atoms with E-state index in [4.69, 9.17) is 0 Å². The van der Waals surface area contributed by atoms with Gasteiger partial charge >= 0.3 is 0 Å². The highest BCUT2D eigenvalue weighted by Gasteiger charge is 2.29. The maximum Gasteiger partial charge on any atom is 0.0537 e. The average Bonchev–Trinajstić information content (AvgIpc) is 2.26. The molecule has 0 spiro atoms. The lowest BCUT2D eigenvalue weighted by molar-refractivity contribution is -0.108. The molecule has 2 rings (SSSR count). The van der Waals surface area contributed by atoms with Crippen molar-refractivity contribution in [2.45, 2.75) is 32.2 Å². The van der Waals surface area contributed by atoms with Gasteiger partial charge in [-0.2, -0.15) is 0 Å². The molecule has 16 heavy (non-hydrogen) atoms. The molecule has 0 aromatic carbocycles. The lowest BCUT2D eigenvalue weighted by Gasteiger charge is -2.38. The Balaban J connectivity index is 2.03. The first-order chi connectivity index (χ1) is 7.58. The first-order valence-electron chi connectivity index (χ1n) is 6.11. The molecule has 0 saturated carbocycles. The summed E-state index contributed by atoms with van der Waals surface area (Å²) in [7, 11) is 2.16. The van der Waals surface area contributed by atoms with E-state index in [9.17, 15) is 5.21 Å². The van der Waals surface area contributed by atoms with Crippen LogP contribution < -0.4 is 0 Å². The van der Waals surface area contributed by atoms with Crippen LogP contribution in [0.1, 0.15) is 26.2 Å². The van der Waals surface area contributed by atoms with Gasteiger partial charge in [-0.05, 0) is 39.2 Å². The maximum absolute atomic E-state index is 9.71. The van der Waals surface area contributed by atoms with Gasteiger partial charge in [0.25, 0.3) is 0 Å². The van der Waals surface area contributed by atoms with E-state index in [0.29, 0.717) is 5.92 Å². The summed E-state index contributed by atoms with van der Waals surface area (Å²) in [5.41, 5.74) is 2.43. The fraction of sp³-hybridized carbons (Fsp3) is 0.692. The Hall–Kier alpha value is -0.800. The Kier molecular flexibility index (Phi) is 3.36. The highest BCUT2D eigenvalue weighted by atomic mass is 16.5. The van der Waals surface area contributed by atoms with Crippen LogP contribution in [0.4, 0.5) is 0 Å². The second-order valence-electron chi connectivity index (χ2n) is 5.19. The molecule has 0 aromatic heterocycles. The Morgan fingerprint density at radius 3 is 2.81 bits per heavy atom. The van der Waals surface area contributed by atoms with Crippen molar-refractivity contribution >= 4 is 0 Å². The van der Waals surface area contributed by atoms with Gasteiger partial charge in [0.1, 0.15) is 0 Å². The summed E-state index contributed by atoms with van der Waals surface area (Å²) < 4.78 is 0. The highest BCUT2D eigenvalue weighted by Crippen LogP contribution is 2.34. The first kappa shape index (κ1) is 11.7. The van der Waals surface area contributed by atoms with Crippen LogP contribution in [0, 0.1) is 5.92 Å². The molecule has 2 heterocycles. The zero-order chi connectivity index (χ0) is 11.7. The van der Waals surface area contributed by atoms with Crippen LogP contribution >= 0.6 is 0 Å². The van der Waals surface area contributed by atoms with E-state index < -0.39 is 0 Å². The molecule has 2 aliphatic rings. The Labute approximate surface area is 98.0 Å². The molecule has 0 amide bonds. The third kappa shape index (κ3) is 2.30. The molecular formula is C13H22N2O. The second-order valence-corrected chi connectivity index (χ2v) is 5.19. The summed E-state index contributed by atoms with van der Waals surface area (Å²) in [5.74, 6) is 0.597. The summed E-state index contributed by atoms with van der Waals surface area (Å²) in [4.78, 5) is 2.34. The van der Waals surface area contributed by atoms with Gasteiger partial charge in [0, 0.05) is 18.8 Å². The molecule has 2 unspecified atom stereocenters. The van der Waals surface area contributed by atoms with Crippen molar-refractivity contribution in [3.05, 3.63) is 23.9 Å². The van der Waals surface area contributed by atoms with E-state index >= 15 is 0 Å². The van der Waals surface area contributed by atoms with Crippen LogP contribution in [0.15, 0.2) is 23.9 Å². The molecule has 2 atom stereocenters. The van der Waals surface area contributed by atoms with Crippen LogP contribution in [-0.2, 0) is 0 Å². The summed E-state index contributed by atoms with van der Waals surface area (Å²) >= 11 is 0. The molecule has 0 aromatic rings. The number of allylic oxidation sites excluding steroid dienone is 1. The van der Waals surface area contributed by atoms with Gasteiger partial charge in [-0.25, -0.2) is 0 Å². The zero-order valence-electron chi connectivity index (χ0n) is 10.3. The molecule has 3 heteroatoms. The van der Waals surface area contributed by atoms with Gasteiger partial charge in [0.15, 0.2) is 0 Å². The van der Waals surface area contributed by atoms with Crippen LogP contribution in [-0.4, -0.2) is 41.3 Å². The van der Waals surface area contributed by atoms with Gasteiger partial charge in [-0.1, -0.05) is 18.2 Å². The SMILES string of the molecule is C=C1CC(C2=CCN(C)CC2)CC(C)N1O. The van der Waals surface area contributed by atoms with Crippen molar-refractivity contribution < 1.29 is 5.21 Å². The number of hydrogen-bond acceptors (Lipinski definition) is 3. The van der Waals surface area contributed by atoms with Crippen molar-refractivity contribution in [2.75, 3.05) is 20.1 Å². The lowest BCUT2D eigenvalue weighted by atomic mass is 9.82. The smallest absolute Gasteiger partial charge is 0.0537 e. The van der Waals surface area contributed by atoms with Crippen LogP contribution in [0.25, 0.3) is 0 Å². The minimum Gasteiger partial charge on any atom is -0.302 e.